The molecule has 0 aliphatic rings. The van der Waals surface area contributed by atoms with E-state index in [-0.39, 0.29) is 5.69 Å². The summed E-state index contributed by atoms with van der Waals surface area (Å²) in [4.78, 5) is 10.5. The summed E-state index contributed by atoms with van der Waals surface area (Å²) in [5.41, 5.74) is 2.26. The largest absolute Gasteiger partial charge is 0.272 e. The van der Waals surface area contributed by atoms with Gasteiger partial charge in [0, 0.05) is 11.6 Å². The fourth-order valence-electron chi connectivity index (χ4n) is 1.66. The fourth-order valence-corrected chi connectivity index (χ4v) is 1.96. The van der Waals surface area contributed by atoms with E-state index in [9.17, 15) is 10.1 Å². The van der Waals surface area contributed by atoms with Gasteiger partial charge in [0.15, 0.2) is 0 Å². The van der Waals surface area contributed by atoms with E-state index in [2.05, 4.69) is 0 Å². The molecule has 3 nitrogen and oxygen atoms in total. The van der Waals surface area contributed by atoms with Gasteiger partial charge in [0.25, 0.3) is 5.69 Å². The lowest BCUT2D eigenvalue weighted by Crippen LogP contribution is -1.92. The zero-order chi connectivity index (χ0) is 13.3. The molecule has 0 bridgehead atoms. The number of aryl methyl sites for hydroxylation is 1. The molecule has 2 aromatic rings. The summed E-state index contributed by atoms with van der Waals surface area (Å²) in [6.07, 6.45) is 0. The predicted molar refractivity (Wildman–Crippen MR) is 73.3 cm³/mol. The number of nitro benzene ring substituents is 1. The lowest BCUT2D eigenvalue weighted by molar-refractivity contribution is -0.385. The van der Waals surface area contributed by atoms with Gasteiger partial charge in [-0.25, -0.2) is 0 Å². The number of hydrogen-bond donors (Lipinski definition) is 0. The highest BCUT2D eigenvalue weighted by Crippen LogP contribution is 2.31. The number of nitro groups is 1. The van der Waals surface area contributed by atoms with Crippen LogP contribution in [0.1, 0.15) is 5.56 Å². The first-order valence-corrected chi connectivity index (χ1v) is 5.95. The molecule has 0 aliphatic carbocycles. The quantitative estimate of drug-likeness (QED) is 0.582. The monoisotopic (exact) mass is 281 g/mol. The second kappa shape index (κ2) is 4.96. The van der Waals surface area contributed by atoms with Gasteiger partial charge in [0.1, 0.15) is 0 Å². The van der Waals surface area contributed by atoms with Crippen molar-refractivity contribution in [1.82, 2.24) is 0 Å². The van der Waals surface area contributed by atoms with Gasteiger partial charge < -0.3 is 0 Å². The smallest absolute Gasteiger partial charge is 0.258 e. The van der Waals surface area contributed by atoms with Gasteiger partial charge in [-0.15, -0.1) is 0 Å². The first kappa shape index (κ1) is 12.9. The van der Waals surface area contributed by atoms with Crippen LogP contribution in [0.15, 0.2) is 36.4 Å². The van der Waals surface area contributed by atoms with Crippen LogP contribution in [0.25, 0.3) is 11.1 Å². The molecule has 0 aliphatic heterocycles. The lowest BCUT2D eigenvalue weighted by Gasteiger charge is -2.05. The molecular weight excluding hydrogens is 273 g/mol. The zero-order valence-corrected chi connectivity index (χ0v) is 11.0. The van der Waals surface area contributed by atoms with Crippen molar-refractivity contribution >= 4 is 28.9 Å². The second-order valence-electron chi connectivity index (χ2n) is 3.89. The molecular formula is C13H9Cl2NO2. The van der Waals surface area contributed by atoms with Crippen molar-refractivity contribution in [2.24, 2.45) is 0 Å². The van der Waals surface area contributed by atoms with E-state index < -0.39 is 4.92 Å². The molecule has 2 rings (SSSR count). The summed E-state index contributed by atoms with van der Waals surface area (Å²) in [5, 5.41) is 11.8. The van der Waals surface area contributed by atoms with Crippen molar-refractivity contribution in [3.05, 3.63) is 62.1 Å². The number of benzene rings is 2. The third kappa shape index (κ3) is 2.47. The molecule has 5 heteroatoms. The van der Waals surface area contributed by atoms with Crippen molar-refractivity contribution < 1.29 is 4.92 Å². The first-order chi connectivity index (χ1) is 8.49. The molecule has 0 heterocycles. The van der Waals surface area contributed by atoms with Crippen LogP contribution in [0.3, 0.4) is 0 Å². The van der Waals surface area contributed by atoms with Crippen molar-refractivity contribution in [2.45, 2.75) is 6.92 Å². The molecule has 18 heavy (non-hydrogen) atoms. The first-order valence-electron chi connectivity index (χ1n) is 5.19. The molecule has 0 aromatic heterocycles. The van der Waals surface area contributed by atoms with Crippen LogP contribution in [0.2, 0.25) is 10.0 Å². The van der Waals surface area contributed by atoms with Crippen LogP contribution in [-0.2, 0) is 0 Å². The van der Waals surface area contributed by atoms with E-state index in [1.54, 1.807) is 31.2 Å². The Morgan fingerprint density at radius 1 is 1.00 bits per heavy atom. The van der Waals surface area contributed by atoms with Crippen molar-refractivity contribution in [2.75, 3.05) is 0 Å². The SMILES string of the molecule is Cc1ccc(-c2ccc(Cl)c(Cl)c2)cc1[N+](=O)[O-]. The fraction of sp³-hybridized carbons (Fsp3) is 0.0769. The maximum Gasteiger partial charge on any atom is 0.272 e. The van der Waals surface area contributed by atoms with E-state index >= 15 is 0 Å². The number of hydrogen-bond acceptors (Lipinski definition) is 2. The minimum atomic E-state index is -0.393. The Morgan fingerprint density at radius 2 is 1.61 bits per heavy atom. The van der Waals surface area contributed by atoms with Gasteiger partial charge in [-0.1, -0.05) is 41.4 Å². The molecule has 0 unspecified atom stereocenters. The Morgan fingerprint density at radius 3 is 2.22 bits per heavy atom. The Labute approximate surface area is 114 Å². The number of rotatable bonds is 2. The molecule has 2 aromatic carbocycles. The van der Waals surface area contributed by atoms with Crippen molar-refractivity contribution in [3.8, 4) is 11.1 Å². The molecule has 0 fully saturated rings. The zero-order valence-electron chi connectivity index (χ0n) is 9.48. The molecule has 92 valence electrons. The van der Waals surface area contributed by atoms with Gasteiger partial charge in [0.2, 0.25) is 0 Å². The van der Waals surface area contributed by atoms with Crippen LogP contribution >= 0.6 is 23.2 Å². The van der Waals surface area contributed by atoms with Crippen LogP contribution in [0, 0.1) is 17.0 Å². The molecule has 0 amide bonds. The summed E-state index contributed by atoms with van der Waals surface area (Å²) in [6, 6.07) is 10.2. The highest BCUT2D eigenvalue weighted by molar-refractivity contribution is 6.42. The average molecular weight is 282 g/mol. The summed E-state index contributed by atoms with van der Waals surface area (Å²) >= 11 is 11.8. The third-order valence-electron chi connectivity index (χ3n) is 2.66. The Hall–Kier alpha value is -1.58. The normalized spacial score (nSPS) is 10.4. The van der Waals surface area contributed by atoms with Gasteiger partial charge in [-0.2, -0.15) is 0 Å². The van der Waals surface area contributed by atoms with Gasteiger partial charge in [0.05, 0.1) is 15.0 Å². The lowest BCUT2D eigenvalue weighted by atomic mass is 10.0. The highest BCUT2D eigenvalue weighted by atomic mass is 35.5. The third-order valence-corrected chi connectivity index (χ3v) is 3.40. The van der Waals surface area contributed by atoms with E-state index in [4.69, 9.17) is 23.2 Å². The maximum absolute atomic E-state index is 10.9. The molecule has 0 N–H and O–H groups in total. The molecule has 0 radical (unpaired) electrons. The van der Waals surface area contributed by atoms with Crippen molar-refractivity contribution in [3.63, 3.8) is 0 Å². The Kier molecular flexibility index (Phi) is 3.55. The molecule has 0 saturated heterocycles. The Bertz CT molecular complexity index is 626. The van der Waals surface area contributed by atoms with E-state index in [1.807, 2.05) is 6.07 Å². The maximum atomic E-state index is 10.9. The topological polar surface area (TPSA) is 43.1 Å². The van der Waals surface area contributed by atoms with E-state index in [0.29, 0.717) is 15.6 Å². The minimum absolute atomic E-state index is 0.0959. The summed E-state index contributed by atoms with van der Waals surface area (Å²) in [6.45, 7) is 1.71. The van der Waals surface area contributed by atoms with Crippen LogP contribution < -0.4 is 0 Å². The van der Waals surface area contributed by atoms with Gasteiger partial charge in [-0.05, 0) is 30.2 Å². The predicted octanol–water partition coefficient (Wildman–Crippen LogP) is 4.88. The molecule has 0 saturated carbocycles. The molecule has 0 atom stereocenters. The minimum Gasteiger partial charge on any atom is -0.258 e. The van der Waals surface area contributed by atoms with E-state index in [1.165, 1.54) is 6.07 Å². The summed E-state index contributed by atoms with van der Waals surface area (Å²) < 4.78 is 0. The van der Waals surface area contributed by atoms with Crippen molar-refractivity contribution in [1.29, 1.82) is 0 Å². The second-order valence-corrected chi connectivity index (χ2v) is 4.70. The van der Waals surface area contributed by atoms with Crippen LogP contribution in [-0.4, -0.2) is 4.92 Å². The number of nitrogens with zero attached hydrogens (tertiary/aromatic N) is 1. The van der Waals surface area contributed by atoms with Gasteiger partial charge in [-0.3, -0.25) is 10.1 Å². The van der Waals surface area contributed by atoms with Crippen LogP contribution in [0.4, 0.5) is 5.69 Å². The number of halogens is 2. The Balaban J connectivity index is 2.54. The average Bonchev–Trinajstić information content (AvgIpc) is 2.33. The standard InChI is InChI=1S/C13H9Cl2NO2/c1-8-2-3-10(7-13(8)16(17)18)9-4-5-11(14)12(15)6-9/h2-7H,1H3. The highest BCUT2D eigenvalue weighted by Gasteiger charge is 2.12. The van der Waals surface area contributed by atoms with Crippen LogP contribution in [0.5, 0.6) is 0 Å². The van der Waals surface area contributed by atoms with E-state index in [0.717, 1.165) is 11.1 Å². The summed E-state index contributed by atoms with van der Waals surface area (Å²) in [5.74, 6) is 0. The summed E-state index contributed by atoms with van der Waals surface area (Å²) in [7, 11) is 0. The molecule has 0 spiro atoms. The van der Waals surface area contributed by atoms with Gasteiger partial charge >= 0.3 is 0 Å².